The summed E-state index contributed by atoms with van der Waals surface area (Å²) in [6.45, 7) is 9.94. The zero-order valence-electron chi connectivity index (χ0n) is 28.9. The second kappa shape index (κ2) is 13.9. The fourth-order valence-corrected chi connectivity index (χ4v) is 6.55. The summed E-state index contributed by atoms with van der Waals surface area (Å²) in [5.41, 5.74) is 0.473. The van der Waals surface area contributed by atoms with Crippen LogP contribution in [0.3, 0.4) is 0 Å². The van der Waals surface area contributed by atoms with Crippen LogP contribution in [0.4, 0.5) is 16.6 Å². The van der Waals surface area contributed by atoms with E-state index in [9.17, 15) is 14.4 Å². The van der Waals surface area contributed by atoms with Crippen LogP contribution < -0.4 is 25.6 Å². The minimum absolute atomic E-state index is 0.0249. The van der Waals surface area contributed by atoms with E-state index < -0.39 is 29.0 Å². The topological polar surface area (TPSA) is 176 Å². The standard InChI is InChI=1S/C36H43N9O5/c1-22-9-8-10-23(2)45(22)34-43-42-30-14-13-24(20-44(30)34)50-27-15-16-36(21-47,26-12-7-6-11-25(26)27)41-33(49)40-29-19-28(35(3,4)5)38-31(39-29)32(48)37-17-18-46/h6-7,11-16,19-23,27,46H,8-10,17-18H2,1-5H3,(H,37,48)(H2,38,39,40,41,49)/t22-,23+,27-,36-/m1/s1. The van der Waals surface area contributed by atoms with Crippen LogP contribution in [0.2, 0.25) is 0 Å². The van der Waals surface area contributed by atoms with E-state index >= 15 is 0 Å². The van der Waals surface area contributed by atoms with Gasteiger partial charge in [0.15, 0.2) is 11.9 Å². The molecule has 2 aliphatic rings. The van der Waals surface area contributed by atoms with Crippen LogP contribution >= 0.6 is 0 Å². The number of rotatable bonds is 9. The molecule has 0 radical (unpaired) electrons. The number of amides is 3. The van der Waals surface area contributed by atoms with Crippen LogP contribution in [0, 0.1) is 0 Å². The fraction of sp³-hybridized carbons (Fsp3) is 0.417. The van der Waals surface area contributed by atoms with Crippen molar-refractivity contribution < 1.29 is 24.2 Å². The van der Waals surface area contributed by atoms with Crippen LogP contribution in [-0.2, 0) is 15.7 Å². The summed E-state index contributed by atoms with van der Waals surface area (Å²) in [4.78, 5) is 49.9. The van der Waals surface area contributed by atoms with Gasteiger partial charge in [-0.15, -0.1) is 10.2 Å². The van der Waals surface area contributed by atoms with E-state index in [0.717, 1.165) is 18.8 Å². The SMILES string of the molecule is C[C@@H]1CCC[C@H](C)N1c1nnc2ccc(O[C@@H]3C=C[C@](C=O)(NC(=O)Nc4cc(C(C)(C)C)nc(C(=O)NCCO)n4)c4ccccc43)cn12. The maximum Gasteiger partial charge on any atom is 0.321 e. The molecule has 0 unspecified atom stereocenters. The Balaban J connectivity index is 1.25. The summed E-state index contributed by atoms with van der Waals surface area (Å²) in [5.74, 6) is 0.677. The lowest BCUT2D eigenvalue weighted by Crippen LogP contribution is -2.49. The van der Waals surface area contributed by atoms with Gasteiger partial charge in [0.25, 0.3) is 5.91 Å². The van der Waals surface area contributed by atoms with Crippen molar-refractivity contribution in [3.8, 4) is 5.75 Å². The number of aldehydes is 1. The highest BCUT2D eigenvalue weighted by Gasteiger charge is 2.39. The smallest absolute Gasteiger partial charge is 0.321 e. The predicted octanol–water partition coefficient (Wildman–Crippen LogP) is 4.21. The summed E-state index contributed by atoms with van der Waals surface area (Å²) in [7, 11) is 0. The van der Waals surface area contributed by atoms with E-state index in [1.54, 1.807) is 30.4 Å². The van der Waals surface area contributed by atoms with Gasteiger partial charge in [-0.05, 0) is 63.0 Å². The highest BCUT2D eigenvalue weighted by molar-refractivity contribution is 5.94. The van der Waals surface area contributed by atoms with Gasteiger partial charge in [0, 0.05) is 35.7 Å². The number of carbonyl (C=O) groups is 3. The Labute approximate surface area is 290 Å². The maximum atomic E-state index is 13.5. The van der Waals surface area contributed by atoms with Crippen LogP contribution in [0.1, 0.15) is 87.4 Å². The molecule has 1 aliphatic heterocycles. The number of benzene rings is 1. The molecule has 4 N–H and O–H groups in total. The molecule has 4 heterocycles. The predicted molar refractivity (Wildman–Crippen MR) is 187 cm³/mol. The molecule has 3 amide bonds. The van der Waals surface area contributed by atoms with Crippen molar-refractivity contribution in [3.63, 3.8) is 0 Å². The number of urea groups is 1. The number of pyridine rings is 1. The van der Waals surface area contributed by atoms with Gasteiger partial charge in [-0.3, -0.25) is 19.3 Å². The van der Waals surface area contributed by atoms with Crippen LogP contribution in [0.15, 0.2) is 60.8 Å². The summed E-state index contributed by atoms with van der Waals surface area (Å²) >= 11 is 0. The van der Waals surface area contributed by atoms with Crippen LogP contribution in [-0.4, -0.2) is 73.1 Å². The molecule has 1 aromatic carbocycles. The Morgan fingerprint density at radius 2 is 1.84 bits per heavy atom. The lowest BCUT2D eigenvalue weighted by Gasteiger charge is -2.39. The Hall–Kier alpha value is -5.37. The largest absolute Gasteiger partial charge is 0.480 e. The number of aliphatic hydroxyl groups is 1. The quantitative estimate of drug-likeness (QED) is 0.148. The number of piperidine rings is 1. The van der Waals surface area contributed by atoms with E-state index in [0.29, 0.717) is 46.6 Å². The van der Waals surface area contributed by atoms with Crippen molar-refractivity contribution in [2.24, 2.45) is 0 Å². The van der Waals surface area contributed by atoms with Crippen LogP contribution in [0.5, 0.6) is 5.75 Å². The van der Waals surface area contributed by atoms with Gasteiger partial charge in [-0.1, -0.05) is 45.0 Å². The molecule has 3 aromatic heterocycles. The van der Waals surface area contributed by atoms with Crippen molar-refractivity contribution in [2.75, 3.05) is 23.4 Å². The average molecular weight is 682 g/mol. The van der Waals surface area contributed by atoms with Gasteiger partial charge < -0.3 is 25.4 Å². The first-order valence-electron chi connectivity index (χ1n) is 16.8. The van der Waals surface area contributed by atoms with Gasteiger partial charge >= 0.3 is 6.03 Å². The maximum absolute atomic E-state index is 13.5. The lowest BCUT2D eigenvalue weighted by molar-refractivity contribution is -0.111. The molecule has 4 aromatic rings. The van der Waals surface area contributed by atoms with E-state index in [2.05, 4.69) is 54.9 Å². The number of hydrogen-bond acceptors (Lipinski definition) is 10. The molecular formula is C36H43N9O5. The number of carbonyl (C=O) groups excluding carboxylic acids is 3. The third-order valence-corrected chi connectivity index (χ3v) is 9.13. The second-order valence-electron chi connectivity index (χ2n) is 13.9. The monoisotopic (exact) mass is 681 g/mol. The summed E-state index contributed by atoms with van der Waals surface area (Å²) in [5, 5.41) is 26.0. The van der Waals surface area contributed by atoms with Gasteiger partial charge in [-0.25, -0.2) is 14.8 Å². The molecule has 4 atom stereocenters. The Morgan fingerprint density at radius 1 is 1.08 bits per heavy atom. The van der Waals surface area contributed by atoms with Crippen LogP contribution in [0.25, 0.3) is 5.65 Å². The van der Waals surface area contributed by atoms with E-state index in [1.165, 1.54) is 6.42 Å². The number of aliphatic hydroxyl groups excluding tert-OH is 1. The summed E-state index contributed by atoms with van der Waals surface area (Å²) < 4.78 is 8.46. The molecule has 14 heteroatoms. The number of aromatic nitrogens is 5. The molecule has 1 saturated heterocycles. The highest BCUT2D eigenvalue weighted by atomic mass is 16.5. The number of anilines is 2. The molecule has 1 aliphatic carbocycles. The van der Waals surface area contributed by atoms with Crippen molar-refractivity contribution >= 4 is 35.6 Å². The van der Waals surface area contributed by atoms with Gasteiger partial charge in [0.1, 0.15) is 23.2 Å². The first kappa shape index (κ1) is 34.5. The van der Waals surface area contributed by atoms with Gasteiger partial charge in [0.2, 0.25) is 11.8 Å². The average Bonchev–Trinajstić information content (AvgIpc) is 3.50. The first-order chi connectivity index (χ1) is 23.9. The Bertz CT molecular complexity index is 1930. The third kappa shape index (κ3) is 6.88. The van der Waals surface area contributed by atoms with Gasteiger partial charge in [-0.2, -0.15) is 0 Å². The molecule has 14 nitrogen and oxygen atoms in total. The molecule has 0 saturated carbocycles. The minimum Gasteiger partial charge on any atom is -0.480 e. The summed E-state index contributed by atoms with van der Waals surface area (Å²) in [6, 6.07) is 12.5. The molecule has 6 rings (SSSR count). The molecule has 50 heavy (non-hydrogen) atoms. The van der Waals surface area contributed by atoms with Crippen molar-refractivity contribution in [1.29, 1.82) is 0 Å². The normalized spacial score (nSPS) is 21.7. The molecule has 1 fully saturated rings. The number of fused-ring (bicyclic) bond motifs is 2. The first-order valence-corrected chi connectivity index (χ1v) is 16.8. The van der Waals surface area contributed by atoms with Crippen molar-refractivity contribution in [1.82, 2.24) is 35.2 Å². The zero-order valence-corrected chi connectivity index (χ0v) is 28.9. The van der Waals surface area contributed by atoms with Crippen molar-refractivity contribution in [3.05, 3.63) is 83.5 Å². The summed E-state index contributed by atoms with van der Waals surface area (Å²) in [6.07, 6.45) is 8.70. The van der Waals surface area contributed by atoms with E-state index in [4.69, 9.17) is 9.84 Å². The number of ether oxygens (including phenoxy) is 1. The third-order valence-electron chi connectivity index (χ3n) is 9.13. The molecule has 0 spiro atoms. The molecular weight excluding hydrogens is 638 g/mol. The number of nitrogens with zero attached hydrogens (tertiary/aromatic N) is 6. The molecule has 0 bridgehead atoms. The second-order valence-corrected chi connectivity index (χ2v) is 13.9. The molecule has 262 valence electrons. The Morgan fingerprint density at radius 3 is 2.56 bits per heavy atom. The van der Waals surface area contributed by atoms with E-state index in [1.807, 2.05) is 55.6 Å². The lowest BCUT2D eigenvalue weighted by atomic mass is 9.81. The Kier molecular flexibility index (Phi) is 9.56. The number of hydrogen-bond donors (Lipinski definition) is 4. The van der Waals surface area contributed by atoms with Crippen molar-refractivity contribution in [2.45, 2.75) is 83.0 Å². The zero-order chi connectivity index (χ0) is 35.6. The van der Waals surface area contributed by atoms with Gasteiger partial charge in [0.05, 0.1) is 18.5 Å². The fourth-order valence-electron chi connectivity index (χ4n) is 6.55. The number of nitrogens with one attached hydrogen (secondary N) is 3. The van der Waals surface area contributed by atoms with E-state index in [-0.39, 0.29) is 24.8 Å². The highest BCUT2D eigenvalue weighted by Crippen LogP contribution is 2.38. The minimum atomic E-state index is -1.52.